The van der Waals surface area contributed by atoms with Crippen LogP contribution in [-0.2, 0) is 39.8 Å². The van der Waals surface area contributed by atoms with Crippen LogP contribution in [0.3, 0.4) is 0 Å². The first-order chi connectivity index (χ1) is 24.7. The highest BCUT2D eigenvalue weighted by molar-refractivity contribution is 5.91. The molecule has 0 bridgehead atoms. The molecule has 5 N–H and O–H groups in total. The Labute approximate surface area is 311 Å². The van der Waals surface area contributed by atoms with Crippen molar-refractivity contribution in [2.75, 3.05) is 6.54 Å². The Hall–Kier alpha value is -5.33. The number of ether oxygens (including phenoxy) is 3. The van der Waals surface area contributed by atoms with Crippen molar-refractivity contribution in [3.63, 3.8) is 0 Å². The quantitative estimate of drug-likeness (QED) is 0.0526. The fourth-order valence-corrected chi connectivity index (χ4v) is 4.80. The molecular weight excluding hydrogens is 684 g/mol. The molecule has 0 radical (unpaired) electrons. The monoisotopic (exact) mass is 738 g/mol. The van der Waals surface area contributed by atoms with Crippen LogP contribution in [0.15, 0.2) is 66.8 Å². The minimum absolute atomic E-state index is 0.0523. The first-order valence-electron chi connectivity index (χ1n) is 17.5. The zero-order chi connectivity index (χ0) is 39.9. The number of aliphatic carboxylic acids is 1. The number of benzene rings is 2. The molecule has 0 saturated heterocycles. The number of carboxylic acid groups (broad SMARTS) is 1. The summed E-state index contributed by atoms with van der Waals surface area (Å²) in [5.41, 5.74) is -0.660. The van der Waals surface area contributed by atoms with Crippen LogP contribution in [0.1, 0.15) is 79.4 Å². The van der Waals surface area contributed by atoms with Gasteiger partial charge < -0.3 is 40.2 Å². The van der Waals surface area contributed by atoms with Crippen LogP contribution in [0.4, 0.5) is 4.79 Å². The van der Waals surface area contributed by atoms with Gasteiger partial charge in [-0.05, 0) is 76.3 Å². The van der Waals surface area contributed by atoms with Crippen LogP contribution < -0.4 is 10.6 Å². The highest BCUT2D eigenvalue weighted by atomic mass is 16.6. The number of phenols is 2. The Balaban J connectivity index is 2.23. The number of carbonyl (C=O) groups is 5. The molecule has 0 heterocycles. The first-order valence-corrected chi connectivity index (χ1v) is 17.5. The summed E-state index contributed by atoms with van der Waals surface area (Å²) in [5.74, 6) is -4.75. The summed E-state index contributed by atoms with van der Waals surface area (Å²) in [7, 11) is 0. The van der Waals surface area contributed by atoms with E-state index in [2.05, 4.69) is 10.6 Å². The van der Waals surface area contributed by atoms with Gasteiger partial charge in [-0.2, -0.15) is 0 Å². The van der Waals surface area contributed by atoms with Crippen molar-refractivity contribution in [2.24, 2.45) is 17.3 Å². The Morgan fingerprint density at radius 2 is 1.55 bits per heavy atom. The standard InChI is InChI=1S/C40H54N2O11/c1-25(2)21-33(52-37(49)40(7,8)24-41-38(50)53-39(4,5)6)36(48)51-32(26(3)17-18-27-13-10-9-11-14-27)15-12-16-34(45)42-29(35(46)47)22-28-19-20-30(43)31(44)23-28/h9-14,16-20,23,25-26,29,32-33,43-44H,15,21-22,24H2,1-8H3,(H,41,50)(H,42,45)(H,46,47)/b16-12+,18-17+/t26-,29-,32+,33+/m1/s1. The van der Waals surface area contributed by atoms with E-state index in [9.17, 15) is 39.3 Å². The van der Waals surface area contributed by atoms with Crippen LogP contribution in [0.25, 0.3) is 6.08 Å². The molecule has 0 aliphatic heterocycles. The number of hydrogen-bond donors (Lipinski definition) is 5. The van der Waals surface area contributed by atoms with Crippen molar-refractivity contribution in [3.8, 4) is 11.5 Å². The number of phenolic OH excluding ortho intramolecular Hbond substituents is 2. The van der Waals surface area contributed by atoms with Gasteiger partial charge in [-0.3, -0.25) is 9.59 Å². The molecule has 0 spiro atoms. The molecular formula is C40H54N2O11. The van der Waals surface area contributed by atoms with Crippen LogP contribution in [0, 0.1) is 17.3 Å². The lowest BCUT2D eigenvalue weighted by molar-refractivity contribution is -0.178. The average molecular weight is 739 g/mol. The second-order valence-corrected chi connectivity index (χ2v) is 14.9. The van der Waals surface area contributed by atoms with Gasteiger partial charge in [-0.15, -0.1) is 0 Å². The van der Waals surface area contributed by atoms with Crippen molar-refractivity contribution >= 4 is 36.0 Å². The SMILES string of the molecule is CC(C)C[C@H](OC(=O)C(C)(C)CNC(=O)OC(C)(C)C)C(=O)O[C@@H](C/C=C/C(=O)N[C@H](Cc1ccc(O)c(O)c1)C(=O)O)[C@H](C)/C=C/c1ccccc1. The number of hydrogen-bond acceptors (Lipinski definition) is 10. The molecule has 290 valence electrons. The van der Waals surface area contributed by atoms with Crippen LogP contribution >= 0.6 is 0 Å². The van der Waals surface area contributed by atoms with E-state index in [4.69, 9.17) is 14.2 Å². The Kier molecular flexibility index (Phi) is 16.6. The normalized spacial score (nSPS) is 14.3. The number of amides is 2. The maximum absolute atomic E-state index is 13.7. The topological polar surface area (TPSA) is 198 Å². The summed E-state index contributed by atoms with van der Waals surface area (Å²) in [6.07, 6.45) is 3.59. The smallest absolute Gasteiger partial charge is 0.407 e. The molecule has 0 unspecified atom stereocenters. The molecule has 2 aromatic rings. The van der Waals surface area contributed by atoms with Gasteiger partial charge in [0.2, 0.25) is 5.91 Å². The van der Waals surface area contributed by atoms with Gasteiger partial charge in [0, 0.05) is 25.3 Å². The van der Waals surface area contributed by atoms with Gasteiger partial charge >= 0.3 is 24.0 Å². The number of rotatable bonds is 18. The van der Waals surface area contributed by atoms with Gasteiger partial charge in [-0.1, -0.05) is 75.4 Å². The third-order valence-electron chi connectivity index (χ3n) is 7.80. The second kappa shape index (κ2) is 20.1. The largest absolute Gasteiger partial charge is 0.504 e. The zero-order valence-corrected chi connectivity index (χ0v) is 31.8. The van der Waals surface area contributed by atoms with Gasteiger partial charge in [0.15, 0.2) is 17.6 Å². The molecule has 2 amide bonds. The lowest BCUT2D eigenvalue weighted by Crippen LogP contribution is -2.44. The molecule has 13 heteroatoms. The minimum Gasteiger partial charge on any atom is -0.504 e. The number of alkyl carbamates (subject to hydrolysis) is 1. The maximum Gasteiger partial charge on any atom is 0.407 e. The molecule has 0 aromatic heterocycles. The van der Waals surface area contributed by atoms with Crippen LogP contribution in [0.5, 0.6) is 11.5 Å². The maximum atomic E-state index is 13.7. The fourth-order valence-electron chi connectivity index (χ4n) is 4.80. The molecule has 0 fully saturated rings. The van der Waals surface area contributed by atoms with Crippen molar-refractivity contribution in [1.82, 2.24) is 10.6 Å². The zero-order valence-electron chi connectivity index (χ0n) is 31.8. The molecule has 0 aliphatic rings. The van der Waals surface area contributed by atoms with Crippen molar-refractivity contribution < 1.29 is 53.5 Å². The van der Waals surface area contributed by atoms with E-state index in [0.717, 1.165) is 11.6 Å². The molecule has 13 nitrogen and oxygen atoms in total. The molecule has 4 atom stereocenters. The summed E-state index contributed by atoms with van der Waals surface area (Å²) in [6, 6.07) is 12.0. The van der Waals surface area contributed by atoms with Crippen molar-refractivity contribution in [3.05, 3.63) is 77.9 Å². The van der Waals surface area contributed by atoms with E-state index in [1.165, 1.54) is 24.3 Å². The fraction of sp³-hybridized carbons (Fsp3) is 0.475. The van der Waals surface area contributed by atoms with Crippen LogP contribution in [-0.4, -0.2) is 75.6 Å². The predicted molar refractivity (Wildman–Crippen MR) is 199 cm³/mol. The number of carbonyl (C=O) groups excluding carboxylic acids is 4. The number of esters is 2. The summed E-state index contributed by atoms with van der Waals surface area (Å²) >= 11 is 0. The van der Waals surface area contributed by atoms with Gasteiger partial charge in [0.05, 0.1) is 5.41 Å². The lowest BCUT2D eigenvalue weighted by Gasteiger charge is -2.29. The number of nitrogens with one attached hydrogen (secondary N) is 2. The van der Waals surface area contributed by atoms with Gasteiger partial charge in [0.1, 0.15) is 17.7 Å². The van der Waals surface area contributed by atoms with E-state index in [1.54, 1.807) is 34.6 Å². The molecule has 0 saturated carbocycles. The van der Waals surface area contributed by atoms with E-state index >= 15 is 0 Å². The summed E-state index contributed by atoms with van der Waals surface area (Å²) in [5, 5.41) is 34.0. The minimum atomic E-state index is -1.34. The van der Waals surface area contributed by atoms with Crippen LogP contribution in [0.2, 0.25) is 0 Å². The third kappa shape index (κ3) is 16.3. The Bertz CT molecular complexity index is 1610. The third-order valence-corrected chi connectivity index (χ3v) is 7.80. The predicted octanol–water partition coefficient (Wildman–Crippen LogP) is 5.93. The summed E-state index contributed by atoms with van der Waals surface area (Å²) < 4.78 is 16.9. The lowest BCUT2D eigenvalue weighted by atomic mass is 9.93. The number of carboxylic acids is 1. The second-order valence-electron chi connectivity index (χ2n) is 14.9. The van der Waals surface area contributed by atoms with Crippen molar-refractivity contribution in [2.45, 2.75) is 98.5 Å². The highest BCUT2D eigenvalue weighted by Gasteiger charge is 2.36. The highest BCUT2D eigenvalue weighted by Crippen LogP contribution is 2.26. The average Bonchev–Trinajstić information content (AvgIpc) is 3.06. The van der Waals surface area contributed by atoms with Crippen molar-refractivity contribution in [1.29, 1.82) is 0 Å². The summed E-state index contributed by atoms with van der Waals surface area (Å²) in [6.45, 7) is 13.7. The van der Waals surface area contributed by atoms with E-state index in [-0.39, 0.29) is 43.4 Å². The van der Waals surface area contributed by atoms with Gasteiger partial charge in [-0.25, -0.2) is 14.4 Å². The molecule has 2 aromatic carbocycles. The Morgan fingerprint density at radius 3 is 2.13 bits per heavy atom. The van der Waals surface area contributed by atoms with E-state index in [0.29, 0.717) is 5.56 Å². The Morgan fingerprint density at radius 1 is 0.887 bits per heavy atom. The molecule has 0 aliphatic carbocycles. The first kappa shape index (κ1) is 43.8. The molecule has 2 rings (SSSR count). The number of aromatic hydroxyl groups is 2. The molecule has 53 heavy (non-hydrogen) atoms. The van der Waals surface area contributed by atoms with E-state index < -0.39 is 64.9 Å². The summed E-state index contributed by atoms with van der Waals surface area (Å²) in [4.78, 5) is 63.9. The van der Waals surface area contributed by atoms with E-state index in [1.807, 2.05) is 63.3 Å². The van der Waals surface area contributed by atoms with Gasteiger partial charge in [0.25, 0.3) is 0 Å².